The zero-order valence-corrected chi connectivity index (χ0v) is 13.3. The summed E-state index contributed by atoms with van der Waals surface area (Å²) in [6.45, 7) is 4.57. The van der Waals surface area contributed by atoms with Gasteiger partial charge in [0, 0.05) is 11.4 Å². The molecule has 0 aliphatic heterocycles. The predicted molar refractivity (Wildman–Crippen MR) is 82.6 cm³/mol. The molecule has 2 aromatic heterocycles. The van der Waals surface area contributed by atoms with Crippen molar-refractivity contribution in [3.05, 3.63) is 44.8 Å². The van der Waals surface area contributed by atoms with Gasteiger partial charge in [-0.1, -0.05) is 6.92 Å². The Morgan fingerprint density at radius 3 is 2.84 bits per heavy atom. The van der Waals surface area contributed by atoms with Crippen LogP contribution in [0.1, 0.15) is 23.9 Å². The summed E-state index contributed by atoms with van der Waals surface area (Å²) in [6.07, 6.45) is 2.92. The first kappa shape index (κ1) is 14.5. The van der Waals surface area contributed by atoms with Crippen LogP contribution in [0, 0.1) is 0 Å². The van der Waals surface area contributed by atoms with Crippen molar-refractivity contribution in [2.45, 2.75) is 26.5 Å². The minimum atomic E-state index is 0.589. The zero-order chi connectivity index (χ0) is 13.5. The molecule has 0 fully saturated rings. The van der Waals surface area contributed by atoms with Crippen LogP contribution >= 0.6 is 27.3 Å². The molecule has 3 nitrogen and oxygen atoms in total. The largest absolute Gasteiger partial charge is 0.486 e. The molecule has 0 aliphatic carbocycles. The molecule has 0 bridgehead atoms. The molecule has 0 radical (unpaired) electrons. The van der Waals surface area contributed by atoms with Crippen molar-refractivity contribution in [2.24, 2.45) is 0 Å². The highest BCUT2D eigenvalue weighted by atomic mass is 79.9. The number of hydrogen-bond donors (Lipinski definition) is 1. The van der Waals surface area contributed by atoms with Crippen molar-refractivity contribution in [2.75, 3.05) is 6.54 Å². The summed E-state index contributed by atoms with van der Waals surface area (Å²) in [5, 5.41) is 3.32. The summed E-state index contributed by atoms with van der Waals surface area (Å²) in [7, 11) is 0. The van der Waals surface area contributed by atoms with E-state index in [1.165, 1.54) is 4.88 Å². The third-order valence-electron chi connectivity index (χ3n) is 2.54. The Bertz CT molecular complexity index is 498. The van der Waals surface area contributed by atoms with Crippen LogP contribution in [0.5, 0.6) is 5.75 Å². The maximum atomic E-state index is 5.69. The Balaban J connectivity index is 1.81. The van der Waals surface area contributed by atoms with Crippen molar-refractivity contribution in [1.82, 2.24) is 10.3 Å². The fourth-order valence-electron chi connectivity index (χ4n) is 1.58. The van der Waals surface area contributed by atoms with E-state index in [1.54, 1.807) is 17.5 Å². The van der Waals surface area contributed by atoms with Crippen molar-refractivity contribution in [3.63, 3.8) is 0 Å². The van der Waals surface area contributed by atoms with Crippen LogP contribution in [-0.4, -0.2) is 11.5 Å². The van der Waals surface area contributed by atoms with Crippen LogP contribution in [0.4, 0.5) is 0 Å². The van der Waals surface area contributed by atoms with Crippen LogP contribution in [0.2, 0.25) is 0 Å². The molecule has 0 saturated carbocycles. The Morgan fingerprint density at radius 2 is 2.21 bits per heavy atom. The van der Waals surface area contributed by atoms with Gasteiger partial charge in [-0.25, -0.2) is 0 Å². The van der Waals surface area contributed by atoms with Crippen LogP contribution < -0.4 is 10.1 Å². The lowest BCUT2D eigenvalue weighted by Crippen LogP contribution is -2.14. The summed E-state index contributed by atoms with van der Waals surface area (Å²) >= 11 is 5.13. The first-order chi connectivity index (χ1) is 9.28. The maximum absolute atomic E-state index is 5.69. The van der Waals surface area contributed by atoms with Crippen LogP contribution in [0.15, 0.2) is 34.2 Å². The number of pyridine rings is 1. The number of thiophene rings is 1. The van der Waals surface area contributed by atoms with Crippen LogP contribution in [0.25, 0.3) is 0 Å². The monoisotopic (exact) mass is 340 g/mol. The topological polar surface area (TPSA) is 34.1 Å². The molecule has 19 heavy (non-hydrogen) atoms. The fraction of sp³-hybridized carbons (Fsp3) is 0.357. The zero-order valence-electron chi connectivity index (χ0n) is 10.9. The summed E-state index contributed by atoms with van der Waals surface area (Å²) in [5.41, 5.74) is 1.04. The molecule has 0 atom stereocenters. The molecule has 0 spiro atoms. The van der Waals surface area contributed by atoms with Gasteiger partial charge >= 0.3 is 0 Å². The number of halogens is 1. The Labute approximate surface area is 126 Å². The van der Waals surface area contributed by atoms with E-state index in [2.05, 4.69) is 39.2 Å². The molecule has 0 aromatic carbocycles. The number of nitrogens with one attached hydrogen (secondary N) is 1. The number of hydrogen-bond acceptors (Lipinski definition) is 4. The van der Waals surface area contributed by atoms with Gasteiger partial charge in [0.15, 0.2) is 0 Å². The van der Waals surface area contributed by atoms with Gasteiger partial charge in [-0.3, -0.25) is 4.98 Å². The molecule has 2 aromatic rings. The second-order valence-corrected chi connectivity index (χ2v) is 6.70. The summed E-state index contributed by atoms with van der Waals surface area (Å²) in [6, 6.07) is 8.07. The van der Waals surface area contributed by atoms with E-state index in [0.717, 1.165) is 34.7 Å². The highest BCUT2D eigenvalue weighted by molar-refractivity contribution is 9.11. The molecule has 0 amide bonds. The highest BCUT2D eigenvalue weighted by Gasteiger charge is 2.00. The molecular formula is C14H17BrN2OS. The van der Waals surface area contributed by atoms with E-state index < -0.39 is 0 Å². The Hall–Kier alpha value is -0.910. The quantitative estimate of drug-likeness (QED) is 0.774. The molecule has 1 N–H and O–H groups in total. The minimum absolute atomic E-state index is 0.589. The summed E-state index contributed by atoms with van der Waals surface area (Å²) < 4.78 is 6.82. The first-order valence-electron chi connectivity index (χ1n) is 6.30. The highest BCUT2D eigenvalue weighted by Crippen LogP contribution is 2.23. The molecule has 102 valence electrons. The third kappa shape index (κ3) is 4.93. The average Bonchev–Trinajstić information content (AvgIpc) is 2.84. The summed E-state index contributed by atoms with van der Waals surface area (Å²) in [5.74, 6) is 0.809. The molecular weight excluding hydrogens is 324 g/mol. The van der Waals surface area contributed by atoms with E-state index in [9.17, 15) is 0 Å². The van der Waals surface area contributed by atoms with Gasteiger partial charge in [-0.2, -0.15) is 0 Å². The summed E-state index contributed by atoms with van der Waals surface area (Å²) in [4.78, 5) is 5.57. The first-order valence-corrected chi connectivity index (χ1v) is 7.91. The van der Waals surface area contributed by atoms with Crippen molar-refractivity contribution < 1.29 is 4.74 Å². The van der Waals surface area contributed by atoms with Crippen LogP contribution in [0.3, 0.4) is 0 Å². The van der Waals surface area contributed by atoms with E-state index in [-0.39, 0.29) is 0 Å². The number of ether oxygens (including phenoxy) is 1. The lowest BCUT2D eigenvalue weighted by atomic mass is 10.3. The van der Waals surface area contributed by atoms with Gasteiger partial charge < -0.3 is 10.1 Å². The molecule has 0 unspecified atom stereocenters. The van der Waals surface area contributed by atoms with Crippen molar-refractivity contribution >= 4 is 27.3 Å². The SMILES string of the molecule is CCCNCc1ccc(OCc2ccc(Br)s2)cn1. The lowest BCUT2D eigenvalue weighted by molar-refractivity contribution is 0.308. The fourth-order valence-corrected chi connectivity index (χ4v) is 2.97. The van der Waals surface area contributed by atoms with Gasteiger partial charge in [0.05, 0.1) is 15.7 Å². The third-order valence-corrected chi connectivity index (χ3v) is 4.14. The molecule has 2 heterocycles. The van der Waals surface area contributed by atoms with Gasteiger partial charge in [0.2, 0.25) is 0 Å². The van der Waals surface area contributed by atoms with E-state index >= 15 is 0 Å². The van der Waals surface area contributed by atoms with E-state index in [4.69, 9.17) is 4.74 Å². The lowest BCUT2D eigenvalue weighted by Gasteiger charge is -2.06. The minimum Gasteiger partial charge on any atom is -0.486 e. The second-order valence-electron chi connectivity index (χ2n) is 4.16. The maximum Gasteiger partial charge on any atom is 0.138 e. The number of rotatable bonds is 7. The smallest absolute Gasteiger partial charge is 0.138 e. The predicted octanol–water partition coefficient (Wildman–Crippen LogP) is 3.98. The van der Waals surface area contributed by atoms with Gasteiger partial charge in [0.25, 0.3) is 0 Å². The standard InChI is InChI=1S/C14H17BrN2OS/c1-2-7-16-8-11-3-4-12(9-17-11)18-10-13-5-6-14(15)19-13/h3-6,9,16H,2,7-8,10H2,1H3. The molecule has 5 heteroatoms. The van der Waals surface area contributed by atoms with E-state index in [1.807, 2.05) is 18.2 Å². The Morgan fingerprint density at radius 1 is 1.32 bits per heavy atom. The van der Waals surface area contributed by atoms with Crippen molar-refractivity contribution in [1.29, 1.82) is 0 Å². The Kier molecular flexibility index (Phi) is 5.82. The average molecular weight is 341 g/mol. The number of nitrogens with zero attached hydrogens (tertiary/aromatic N) is 1. The van der Waals surface area contributed by atoms with E-state index in [0.29, 0.717) is 6.61 Å². The molecule has 2 rings (SSSR count). The van der Waals surface area contributed by atoms with Gasteiger partial charge in [-0.15, -0.1) is 11.3 Å². The molecule has 0 saturated heterocycles. The normalized spacial score (nSPS) is 10.6. The van der Waals surface area contributed by atoms with Crippen LogP contribution in [-0.2, 0) is 13.2 Å². The van der Waals surface area contributed by atoms with Gasteiger partial charge in [0.1, 0.15) is 12.4 Å². The van der Waals surface area contributed by atoms with Gasteiger partial charge in [-0.05, 0) is 53.2 Å². The molecule has 0 aliphatic rings. The second kappa shape index (κ2) is 7.62. The number of aromatic nitrogens is 1. The van der Waals surface area contributed by atoms with Crippen molar-refractivity contribution in [3.8, 4) is 5.75 Å².